The molecule has 1 aliphatic carbocycles. The minimum Gasteiger partial charge on any atom is -0.444 e. The highest BCUT2D eigenvalue weighted by molar-refractivity contribution is 5.90. The molecule has 206 valence electrons. The van der Waals surface area contributed by atoms with Gasteiger partial charge in [0.2, 0.25) is 0 Å². The number of fused-ring (bicyclic) bond motifs is 2. The lowest BCUT2D eigenvalue weighted by molar-refractivity contribution is -0.209. The third-order valence-corrected chi connectivity index (χ3v) is 6.81. The molecular formula is C26H33FN4O7. The predicted molar refractivity (Wildman–Crippen MR) is 134 cm³/mol. The molecule has 38 heavy (non-hydrogen) atoms. The summed E-state index contributed by atoms with van der Waals surface area (Å²) in [6, 6.07) is 4.40. The average Bonchev–Trinajstić information content (AvgIpc) is 3.27. The monoisotopic (exact) mass is 532 g/mol. The number of carbonyl (C=O) groups is 3. The maximum absolute atomic E-state index is 15.1. The summed E-state index contributed by atoms with van der Waals surface area (Å²) in [4.78, 5) is 47.5. The molecule has 0 saturated carbocycles. The van der Waals surface area contributed by atoms with E-state index < -0.39 is 29.7 Å². The first-order chi connectivity index (χ1) is 18.1. The van der Waals surface area contributed by atoms with Crippen LogP contribution in [0, 0.1) is 5.82 Å². The van der Waals surface area contributed by atoms with Crippen LogP contribution in [0.5, 0.6) is 0 Å². The number of nitrogens with zero attached hydrogens (tertiary/aromatic N) is 4. The van der Waals surface area contributed by atoms with Crippen molar-refractivity contribution in [3.8, 4) is 0 Å². The molecule has 6 rings (SSSR count). The number of cyclic esters (lactones) is 1. The molecule has 0 radical (unpaired) electrons. The second kappa shape index (κ2) is 10.3. The molecule has 3 fully saturated rings. The number of ether oxygens (including phenoxy) is 3. The van der Waals surface area contributed by atoms with Crippen LogP contribution in [0.15, 0.2) is 30.4 Å². The summed E-state index contributed by atoms with van der Waals surface area (Å²) in [6.07, 6.45) is 3.07. The Balaban J connectivity index is 1.13. The zero-order chi connectivity index (χ0) is 27.0. The van der Waals surface area contributed by atoms with Gasteiger partial charge in [-0.05, 0) is 51.8 Å². The van der Waals surface area contributed by atoms with Crippen molar-refractivity contribution in [3.05, 3.63) is 36.2 Å². The molecule has 12 heteroatoms. The van der Waals surface area contributed by atoms with Crippen molar-refractivity contribution in [2.45, 2.75) is 57.5 Å². The minimum atomic E-state index is -0.687. The summed E-state index contributed by atoms with van der Waals surface area (Å²) in [5, 5.41) is 1.23. The van der Waals surface area contributed by atoms with Gasteiger partial charge < -0.3 is 24.0 Å². The van der Waals surface area contributed by atoms with Crippen LogP contribution in [-0.2, 0) is 19.0 Å². The topological polar surface area (TPSA) is 101 Å². The summed E-state index contributed by atoms with van der Waals surface area (Å²) >= 11 is 0. The zero-order valence-electron chi connectivity index (χ0n) is 21.8. The van der Waals surface area contributed by atoms with Crippen LogP contribution in [0.2, 0.25) is 0 Å². The van der Waals surface area contributed by atoms with Crippen molar-refractivity contribution in [2.75, 3.05) is 49.1 Å². The summed E-state index contributed by atoms with van der Waals surface area (Å²) in [6.45, 7) is 7.15. The van der Waals surface area contributed by atoms with Crippen LogP contribution in [0.1, 0.15) is 33.6 Å². The lowest BCUT2D eigenvalue weighted by Crippen LogP contribution is -2.50. The van der Waals surface area contributed by atoms with Crippen LogP contribution in [0.3, 0.4) is 0 Å². The van der Waals surface area contributed by atoms with E-state index in [2.05, 4.69) is 0 Å². The van der Waals surface area contributed by atoms with Crippen molar-refractivity contribution < 1.29 is 37.8 Å². The Labute approximate surface area is 220 Å². The second-order valence-electron chi connectivity index (χ2n) is 10.8. The van der Waals surface area contributed by atoms with Gasteiger partial charge in [0.15, 0.2) is 6.10 Å². The van der Waals surface area contributed by atoms with E-state index in [0.29, 0.717) is 37.6 Å². The van der Waals surface area contributed by atoms with Gasteiger partial charge in [-0.2, -0.15) is 5.06 Å². The first-order valence-corrected chi connectivity index (χ1v) is 12.9. The Morgan fingerprint density at radius 3 is 2.45 bits per heavy atom. The highest BCUT2D eigenvalue weighted by Crippen LogP contribution is 2.30. The molecule has 2 unspecified atom stereocenters. The van der Waals surface area contributed by atoms with Crippen molar-refractivity contribution in [1.29, 1.82) is 0 Å². The molecule has 4 heterocycles. The fourth-order valence-electron chi connectivity index (χ4n) is 4.89. The fourth-order valence-corrected chi connectivity index (χ4v) is 4.89. The molecule has 1 aromatic rings. The predicted octanol–water partition coefficient (Wildman–Crippen LogP) is 3.68. The van der Waals surface area contributed by atoms with Gasteiger partial charge in [0.25, 0.3) is 0 Å². The lowest BCUT2D eigenvalue weighted by Gasteiger charge is -2.39. The molecule has 2 bridgehead atoms. The number of amides is 3. The van der Waals surface area contributed by atoms with E-state index in [1.807, 2.05) is 37.8 Å². The number of halogens is 1. The van der Waals surface area contributed by atoms with Crippen molar-refractivity contribution in [3.63, 3.8) is 0 Å². The Kier molecular flexibility index (Phi) is 7.08. The van der Waals surface area contributed by atoms with E-state index in [1.165, 1.54) is 16.0 Å². The number of carbonyl (C=O) groups excluding carboxylic acids is 3. The molecule has 5 aliphatic rings. The largest absolute Gasteiger partial charge is 0.444 e. The number of anilines is 2. The van der Waals surface area contributed by atoms with Crippen molar-refractivity contribution in [1.82, 2.24) is 9.96 Å². The normalized spacial score (nSPS) is 25.1. The van der Waals surface area contributed by atoms with Gasteiger partial charge in [-0.1, -0.05) is 12.2 Å². The van der Waals surface area contributed by atoms with Crippen molar-refractivity contribution >= 4 is 29.7 Å². The van der Waals surface area contributed by atoms with E-state index in [-0.39, 0.29) is 31.4 Å². The van der Waals surface area contributed by atoms with Crippen molar-refractivity contribution in [2.24, 2.45) is 0 Å². The van der Waals surface area contributed by atoms with E-state index >= 15 is 4.39 Å². The van der Waals surface area contributed by atoms with E-state index in [9.17, 15) is 14.4 Å². The van der Waals surface area contributed by atoms with E-state index in [1.54, 1.807) is 17.0 Å². The Bertz CT molecular complexity index is 1120. The number of benzene rings is 1. The Morgan fingerprint density at radius 2 is 1.84 bits per heavy atom. The fraction of sp³-hybridized carbons (Fsp3) is 0.577. The van der Waals surface area contributed by atoms with Crippen LogP contribution in [-0.4, -0.2) is 91.4 Å². The average molecular weight is 533 g/mol. The molecule has 3 atom stereocenters. The number of rotatable bonds is 4. The lowest BCUT2D eigenvalue weighted by atomic mass is 9.99. The molecule has 3 saturated heterocycles. The molecule has 1 aromatic carbocycles. The van der Waals surface area contributed by atoms with Gasteiger partial charge in [0, 0.05) is 26.2 Å². The summed E-state index contributed by atoms with van der Waals surface area (Å²) in [5.74, 6) is -0.485. The summed E-state index contributed by atoms with van der Waals surface area (Å²) in [7, 11) is 0. The number of piperazine rings is 1. The van der Waals surface area contributed by atoms with E-state index in [0.717, 1.165) is 12.8 Å². The smallest absolute Gasteiger partial charge is 0.434 e. The quantitative estimate of drug-likeness (QED) is 0.428. The molecule has 11 nitrogen and oxygen atoms in total. The molecule has 3 amide bonds. The first kappa shape index (κ1) is 26.1. The van der Waals surface area contributed by atoms with Crippen LogP contribution in [0.25, 0.3) is 0 Å². The molecule has 0 spiro atoms. The maximum Gasteiger partial charge on any atom is 0.434 e. The summed E-state index contributed by atoms with van der Waals surface area (Å²) < 4.78 is 31.2. The number of hydroxylamine groups is 2. The van der Waals surface area contributed by atoms with E-state index in [4.69, 9.17) is 19.0 Å². The third-order valence-electron chi connectivity index (χ3n) is 6.81. The van der Waals surface area contributed by atoms with Gasteiger partial charge in [-0.15, -0.1) is 0 Å². The van der Waals surface area contributed by atoms with Gasteiger partial charge in [0.1, 0.15) is 24.1 Å². The maximum atomic E-state index is 15.1. The number of hydrogen-bond acceptors (Lipinski definition) is 8. The molecule has 0 N–H and O–H groups in total. The highest BCUT2D eigenvalue weighted by Gasteiger charge is 2.38. The first-order valence-electron chi connectivity index (χ1n) is 12.9. The van der Waals surface area contributed by atoms with Crippen LogP contribution in [0.4, 0.5) is 30.1 Å². The Hall–Kier alpha value is -3.54. The van der Waals surface area contributed by atoms with Crippen LogP contribution >= 0.6 is 0 Å². The molecular weight excluding hydrogens is 499 g/mol. The Morgan fingerprint density at radius 1 is 1.08 bits per heavy atom. The molecule has 4 aliphatic heterocycles. The molecule has 0 aromatic heterocycles. The minimum absolute atomic E-state index is 0.117. The standard InChI is InChI=1S/C26H33FN4O7/c1-26(2,3)37-23(32)29-12-10-28(11-13-29)22-9-6-18(14-21(22)27)30-15-20(36-24(30)33)16-35-25(34)31-17-4-7-19(38-31)8-5-17/h4,6-7,9,14,17,19-20H,5,8,10-13,15-16H2,1-3H3/t17?,19?,20-/m1/s1. The number of hydrogen-bond donors (Lipinski definition) is 0. The zero-order valence-corrected chi connectivity index (χ0v) is 21.8. The third kappa shape index (κ3) is 5.64. The van der Waals surface area contributed by atoms with Gasteiger partial charge >= 0.3 is 18.3 Å². The van der Waals surface area contributed by atoms with Gasteiger partial charge in [-0.3, -0.25) is 9.74 Å². The summed E-state index contributed by atoms with van der Waals surface area (Å²) in [5.41, 5.74) is 0.159. The second-order valence-corrected chi connectivity index (χ2v) is 10.8. The van der Waals surface area contributed by atoms with Gasteiger partial charge in [0.05, 0.1) is 24.0 Å². The highest BCUT2D eigenvalue weighted by atomic mass is 19.1. The van der Waals surface area contributed by atoms with Crippen LogP contribution < -0.4 is 9.80 Å². The SMILES string of the molecule is CC(C)(C)OC(=O)N1CCN(c2ccc(N3C[C@H](COC(=O)N4OC5C=CC4CC5)OC3=O)cc2F)CC1. The van der Waals surface area contributed by atoms with Gasteiger partial charge in [-0.25, -0.2) is 18.8 Å².